The van der Waals surface area contributed by atoms with Gasteiger partial charge in [-0.25, -0.2) is 0 Å². The van der Waals surface area contributed by atoms with Crippen molar-refractivity contribution in [3.8, 4) is 0 Å². The summed E-state index contributed by atoms with van der Waals surface area (Å²) in [7, 11) is 0. The summed E-state index contributed by atoms with van der Waals surface area (Å²) in [5, 5.41) is 3.79. The highest BCUT2D eigenvalue weighted by Gasteiger charge is 2.31. The Labute approximate surface area is 162 Å². The predicted molar refractivity (Wildman–Crippen MR) is 107 cm³/mol. The molecule has 144 valence electrons. The van der Waals surface area contributed by atoms with Crippen LogP contribution < -0.4 is 21.1 Å². The van der Waals surface area contributed by atoms with Gasteiger partial charge in [0, 0.05) is 24.7 Å². The van der Waals surface area contributed by atoms with E-state index in [1.54, 1.807) is 6.92 Å². The van der Waals surface area contributed by atoms with Crippen molar-refractivity contribution in [1.82, 2.24) is 0 Å². The lowest BCUT2D eigenvalue weighted by molar-refractivity contribution is -0.148. The molecule has 6 nitrogen and oxygen atoms in total. The second-order valence-corrected chi connectivity index (χ2v) is 7.13. The third-order valence-electron chi connectivity index (χ3n) is 4.94. The number of hydrogen-bond donors (Lipinski definition) is 1. The zero-order valence-electron chi connectivity index (χ0n) is 15.3. The lowest BCUT2D eigenvalue weighted by Gasteiger charge is -2.34. The van der Waals surface area contributed by atoms with Crippen molar-refractivity contribution in [3.63, 3.8) is 0 Å². The summed E-state index contributed by atoms with van der Waals surface area (Å²) in [5.74, 6) is -0.308. The van der Waals surface area contributed by atoms with Gasteiger partial charge in [-0.2, -0.15) is 0 Å². The molecular weight excluding hydrogens is 368 g/mol. The summed E-state index contributed by atoms with van der Waals surface area (Å²) in [6.45, 7) is 3.86. The maximum absolute atomic E-state index is 12.1. The fourth-order valence-corrected chi connectivity index (χ4v) is 3.55. The first-order valence-electron chi connectivity index (χ1n) is 9.24. The van der Waals surface area contributed by atoms with Crippen LogP contribution in [0.2, 0.25) is 5.02 Å². The molecule has 1 aliphatic heterocycles. The van der Waals surface area contributed by atoms with Crippen LogP contribution in [0.5, 0.6) is 0 Å². The van der Waals surface area contributed by atoms with Crippen LogP contribution in [0.15, 0.2) is 33.9 Å². The van der Waals surface area contributed by atoms with Crippen LogP contribution in [0.4, 0.5) is 11.4 Å². The van der Waals surface area contributed by atoms with E-state index in [1.807, 2.05) is 29.2 Å². The molecule has 2 aromatic carbocycles. The van der Waals surface area contributed by atoms with Crippen LogP contribution in [0.3, 0.4) is 0 Å². The van der Waals surface area contributed by atoms with Crippen molar-refractivity contribution in [1.29, 1.82) is 0 Å². The van der Waals surface area contributed by atoms with Crippen LogP contribution >= 0.6 is 11.6 Å². The number of rotatable bonds is 7. The van der Waals surface area contributed by atoms with Crippen LogP contribution in [0.1, 0.15) is 25.3 Å². The zero-order chi connectivity index (χ0) is 19.4. The Bertz CT molecular complexity index is 863. The summed E-state index contributed by atoms with van der Waals surface area (Å²) in [6, 6.07) is 7.53. The lowest BCUT2D eigenvalue weighted by Crippen LogP contribution is -2.46. The Kier molecular flexibility index (Phi) is 6.16. The van der Waals surface area contributed by atoms with E-state index < -0.39 is 10.9 Å². The summed E-state index contributed by atoms with van der Waals surface area (Å²) >= 11 is 5.88. The molecule has 2 aromatic rings. The highest BCUT2D eigenvalue weighted by atomic mass is 35.5. The summed E-state index contributed by atoms with van der Waals surface area (Å²) in [5.41, 5.74) is 1.04. The molecule has 7 heteroatoms. The molecule has 1 aliphatic rings. The van der Waals surface area contributed by atoms with Crippen molar-refractivity contribution in [2.75, 3.05) is 36.5 Å². The van der Waals surface area contributed by atoms with E-state index >= 15 is 0 Å². The number of carbonyl (C=O) groups is 1. The molecule has 1 N–H and O–H groups in total. The third-order valence-corrected chi connectivity index (χ3v) is 5.20. The van der Waals surface area contributed by atoms with Gasteiger partial charge >= 0.3 is 5.97 Å². The van der Waals surface area contributed by atoms with E-state index in [-0.39, 0.29) is 11.9 Å². The first kappa shape index (κ1) is 19.4. The maximum Gasteiger partial charge on any atom is 0.309 e. The number of anilines is 2. The van der Waals surface area contributed by atoms with Crippen molar-refractivity contribution in [2.24, 2.45) is 5.92 Å². The standard InChI is InChI=1S/C20H23ClN2O4/c1-2-27-20(26)14-8-11-23(12-9-14)17-16(18(24)19(17)25)22-10-7-13-3-5-15(21)6-4-13/h3-6,14,22H,2,7-12H2,1H3. The Hall–Kier alpha value is -2.34. The van der Waals surface area contributed by atoms with Gasteiger partial charge in [0.1, 0.15) is 11.4 Å². The number of hydrogen-bond acceptors (Lipinski definition) is 6. The molecule has 0 amide bonds. The topological polar surface area (TPSA) is 75.7 Å². The SMILES string of the molecule is CCOC(=O)C1CCN(c2c(NCCc3ccc(Cl)cc3)c(=O)c2=O)CC1. The van der Waals surface area contributed by atoms with E-state index in [1.165, 1.54) is 0 Å². The number of nitrogens with zero attached hydrogens (tertiary/aromatic N) is 1. The molecule has 0 spiro atoms. The molecule has 0 saturated carbocycles. The molecule has 0 aliphatic carbocycles. The first-order valence-corrected chi connectivity index (χ1v) is 9.62. The number of piperidine rings is 1. The maximum atomic E-state index is 12.1. The molecule has 0 aromatic heterocycles. The number of carbonyl (C=O) groups excluding carboxylic acids is 1. The fraction of sp³-hybridized carbons (Fsp3) is 0.450. The van der Waals surface area contributed by atoms with Gasteiger partial charge in [0.2, 0.25) is 0 Å². The molecule has 0 radical (unpaired) electrons. The average Bonchev–Trinajstić information content (AvgIpc) is 2.68. The third kappa shape index (κ3) is 4.33. The number of nitrogens with one attached hydrogen (secondary N) is 1. The second-order valence-electron chi connectivity index (χ2n) is 6.70. The lowest BCUT2D eigenvalue weighted by atomic mass is 9.96. The molecule has 0 bridgehead atoms. The normalized spacial score (nSPS) is 15.1. The Morgan fingerprint density at radius 1 is 1.19 bits per heavy atom. The molecule has 3 rings (SSSR count). The molecule has 27 heavy (non-hydrogen) atoms. The Morgan fingerprint density at radius 2 is 1.85 bits per heavy atom. The van der Waals surface area contributed by atoms with E-state index in [9.17, 15) is 14.4 Å². The monoisotopic (exact) mass is 390 g/mol. The highest BCUT2D eigenvalue weighted by molar-refractivity contribution is 6.30. The van der Waals surface area contributed by atoms with Crippen LogP contribution in [-0.4, -0.2) is 32.2 Å². The van der Waals surface area contributed by atoms with Gasteiger partial charge < -0.3 is 15.0 Å². The van der Waals surface area contributed by atoms with Crippen LogP contribution in [0, 0.1) is 5.92 Å². The quantitative estimate of drug-likeness (QED) is 0.578. The minimum absolute atomic E-state index is 0.131. The molecule has 1 heterocycles. The fourth-order valence-electron chi connectivity index (χ4n) is 3.43. The summed E-state index contributed by atoms with van der Waals surface area (Å²) < 4.78 is 5.07. The largest absolute Gasteiger partial charge is 0.466 e. The minimum atomic E-state index is -0.464. The van der Waals surface area contributed by atoms with Crippen LogP contribution in [0.25, 0.3) is 0 Å². The van der Waals surface area contributed by atoms with Gasteiger partial charge in [-0.3, -0.25) is 14.4 Å². The zero-order valence-corrected chi connectivity index (χ0v) is 16.1. The van der Waals surface area contributed by atoms with Crippen molar-refractivity contribution in [3.05, 3.63) is 55.3 Å². The Morgan fingerprint density at radius 3 is 2.48 bits per heavy atom. The average molecular weight is 391 g/mol. The van der Waals surface area contributed by atoms with E-state index in [2.05, 4.69) is 5.32 Å². The van der Waals surface area contributed by atoms with Gasteiger partial charge in [0.15, 0.2) is 0 Å². The predicted octanol–water partition coefficient (Wildman–Crippen LogP) is 2.37. The van der Waals surface area contributed by atoms with E-state index in [0.717, 1.165) is 12.0 Å². The smallest absolute Gasteiger partial charge is 0.309 e. The van der Waals surface area contributed by atoms with E-state index in [4.69, 9.17) is 16.3 Å². The van der Waals surface area contributed by atoms with Gasteiger partial charge in [0.25, 0.3) is 10.9 Å². The molecular formula is C20H23ClN2O4. The Balaban J connectivity index is 1.57. The minimum Gasteiger partial charge on any atom is -0.466 e. The number of esters is 1. The number of benzene rings is 1. The van der Waals surface area contributed by atoms with Gasteiger partial charge in [-0.1, -0.05) is 23.7 Å². The van der Waals surface area contributed by atoms with Gasteiger partial charge in [-0.15, -0.1) is 0 Å². The molecule has 1 fully saturated rings. The first-order chi connectivity index (χ1) is 13.0. The van der Waals surface area contributed by atoms with Gasteiger partial charge in [0.05, 0.1) is 12.5 Å². The molecule has 0 atom stereocenters. The number of halogens is 1. The van der Waals surface area contributed by atoms with Gasteiger partial charge in [-0.05, 0) is 43.9 Å². The molecule has 0 unspecified atom stereocenters. The number of ether oxygens (including phenoxy) is 1. The van der Waals surface area contributed by atoms with E-state index in [0.29, 0.717) is 55.5 Å². The van der Waals surface area contributed by atoms with Crippen molar-refractivity contribution >= 4 is 28.9 Å². The summed E-state index contributed by atoms with van der Waals surface area (Å²) in [6.07, 6.45) is 1.98. The highest BCUT2D eigenvalue weighted by Crippen LogP contribution is 2.27. The summed E-state index contributed by atoms with van der Waals surface area (Å²) in [4.78, 5) is 37.8. The second kappa shape index (κ2) is 8.57. The van der Waals surface area contributed by atoms with Crippen molar-refractivity contribution in [2.45, 2.75) is 26.2 Å². The molecule has 1 saturated heterocycles. The van der Waals surface area contributed by atoms with Crippen LogP contribution in [-0.2, 0) is 16.0 Å². The van der Waals surface area contributed by atoms with Crippen molar-refractivity contribution < 1.29 is 9.53 Å².